The lowest BCUT2D eigenvalue weighted by Gasteiger charge is -2.01. The maximum absolute atomic E-state index is 5.40. The summed E-state index contributed by atoms with van der Waals surface area (Å²) in [5, 5.41) is 7.61. The predicted octanol–water partition coefficient (Wildman–Crippen LogP) is 3.83. The van der Waals surface area contributed by atoms with Crippen LogP contribution in [0.4, 0.5) is 0 Å². The molecule has 0 bridgehead atoms. The monoisotopic (exact) mass is 250 g/mol. The molecule has 0 fully saturated rings. The largest absolute Gasteiger partial charge is 0.464 e. The first-order valence-electron chi connectivity index (χ1n) is 6.62. The maximum Gasteiger partial charge on any atom is 0.133 e. The number of aromatic amines is 1. The molecule has 94 valence electrons. The summed E-state index contributed by atoms with van der Waals surface area (Å²) in [5.74, 6) is 0.902. The Morgan fingerprint density at radius 1 is 1.00 bits per heavy atom. The minimum absolute atomic E-state index is 0.902. The van der Waals surface area contributed by atoms with Gasteiger partial charge in [0.2, 0.25) is 0 Å². The van der Waals surface area contributed by atoms with Crippen molar-refractivity contribution in [2.75, 3.05) is 0 Å². The third-order valence-electron chi connectivity index (χ3n) is 3.77. The van der Waals surface area contributed by atoms with Gasteiger partial charge < -0.3 is 4.42 Å². The van der Waals surface area contributed by atoms with E-state index in [9.17, 15) is 0 Å². The Kier molecular flexibility index (Phi) is 2.30. The Hall–Kier alpha value is -2.29. The van der Waals surface area contributed by atoms with Gasteiger partial charge in [-0.1, -0.05) is 24.3 Å². The molecule has 3 heteroatoms. The number of aromatic nitrogens is 2. The van der Waals surface area contributed by atoms with Crippen molar-refractivity contribution < 1.29 is 4.42 Å². The summed E-state index contributed by atoms with van der Waals surface area (Å²) in [6.45, 7) is 0. The van der Waals surface area contributed by atoms with Gasteiger partial charge in [-0.2, -0.15) is 5.10 Å². The van der Waals surface area contributed by atoms with E-state index in [0.717, 1.165) is 29.9 Å². The van der Waals surface area contributed by atoms with Gasteiger partial charge in [0.25, 0.3) is 0 Å². The molecular formula is C16H14N2O. The van der Waals surface area contributed by atoms with E-state index >= 15 is 0 Å². The molecule has 0 atom stereocenters. The normalized spacial score (nSPS) is 13.7. The number of fused-ring (bicyclic) bond motifs is 1. The second-order valence-electron chi connectivity index (χ2n) is 4.94. The molecule has 1 N–H and O–H groups in total. The number of aryl methyl sites for hydroxylation is 1. The summed E-state index contributed by atoms with van der Waals surface area (Å²) in [5.41, 5.74) is 6.09. The van der Waals surface area contributed by atoms with E-state index in [0.29, 0.717) is 0 Å². The van der Waals surface area contributed by atoms with Crippen molar-refractivity contribution in [3.63, 3.8) is 0 Å². The van der Waals surface area contributed by atoms with Crippen molar-refractivity contribution in [2.45, 2.75) is 19.3 Å². The van der Waals surface area contributed by atoms with E-state index in [-0.39, 0.29) is 0 Å². The number of rotatable bonds is 2. The molecule has 0 saturated heterocycles. The minimum atomic E-state index is 0.902. The van der Waals surface area contributed by atoms with Gasteiger partial charge in [0.1, 0.15) is 5.76 Å². The van der Waals surface area contributed by atoms with Gasteiger partial charge in [0.05, 0.1) is 12.0 Å². The second-order valence-corrected chi connectivity index (χ2v) is 4.94. The van der Waals surface area contributed by atoms with Crippen LogP contribution in [0, 0.1) is 0 Å². The topological polar surface area (TPSA) is 41.8 Å². The molecule has 1 aromatic carbocycles. The summed E-state index contributed by atoms with van der Waals surface area (Å²) in [6.07, 6.45) is 5.21. The number of H-pyrrole nitrogens is 1. The van der Waals surface area contributed by atoms with Gasteiger partial charge in [-0.25, -0.2) is 0 Å². The second kappa shape index (κ2) is 4.12. The van der Waals surface area contributed by atoms with Crippen molar-refractivity contribution in [2.24, 2.45) is 0 Å². The Balaban J connectivity index is 1.73. The average Bonchev–Trinajstić information content (AvgIpc) is 3.16. The SMILES string of the molecule is c1coc(-c2ccc(-c3n[nH]c4c3CCC4)cc2)c1. The van der Waals surface area contributed by atoms with Gasteiger partial charge in [-0.15, -0.1) is 0 Å². The Bertz CT molecular complexity index is 693. The molecule has 2 heterocycles. The molecule has 0 spiro atoms. The molecule has 19 heavy (non-hydrogen) atoms. The van der Waals surface area contributed by atoms with Crippen molar-refractivity contribution >= 4 is 0 Å². The van der Waals surface area contributed by atoms with Crippen LogP contribution in [0.5, 0.6) is 0 Å². The average molecular weight is 250 g/mol. The number of nitrogens with zero attached hydrogens (tertiary/aromatic N) is 1. The zero-order chi connectivity index (χ0) is 12.7. The van der Waals surface area contributed by atoms with Crippen molar-refractivity contribution in [3.05, 3.63) is 53.9 Å². The van der Waals surface area contributed by atoms with Gasteiger partial charge in [0.15, 0.2) is 0 Å². The quantitative estimate of drug-likeness (QED) is 0.751. The Labute approximate surface area is 111 Å². The van der Waals surface area contributed by atoms with Crippen LogP contribution < -0.4 is 0 Å². The highest BCUT2D eigenvalue weighted by Crippen LogP contribution is 2.31. The Morgan fingerprint density at radius 3 is 2.63 bits per heavy atom. The standard InChI is InChI=1S/C16H14N2O/c1-3-13-14(4-1)17-18-16(13)12-8-6-11(7-9-12)15-5-2-10-19-15/h2,5-10H,1,3-4H2,(H,17,18). The third kappa shape index (κ3) is 1.70. The van der Waals surface area contributed by atoms with E-state index in [1.165, 1.54) is 23.2 Å². The lowest BCUT2D eigenvalue weighted by molar-refractivity contribution is 0.582. The highest BCUT2D eigenvalue weighted by atomic mass is 16.3. The molecule has 1 aliphatic rings. The van der Waals surface area contributed by atoms with Crippen molar-refractivity contribution in [3.8, 4) is 22.6 Å². The van der Waals surface area contributed by atoms with Gasteiger partial charge >= 0.3 is 0 Å². The molecule has 2 aromatic heterocycles. The predicted molar refractivity (Wildman–Crippen MR) is 73.8 cm³/mol. The third-order valence-corrected chi connectivity index (χ3v) is 3.77. The molecule has 0 radical (unpaired) electrons. The fourth-order valence-electron chi connectivity index (χ4n) is 2.79. The molecule has 0 amide bonds. The smallest absolute Gasteiger partial charge is 0.133 e. The van der Waals surface area contributed by atoms with Gasteiger partial charge in [0, 0.05) is 22.4 Å². The van der Waals surface area contributed by atoms with Crippen LogP contribution in [0.1, 0.15) is 17.7 Å². The summed E-state index contributed by atoms with van der Waals surface area (Å²) in [4.78, 5) is 0. The Morgan fingerprint density at radius 2 is 1.84 bits per heavy atom. The summed E-state index contributed by atoms with van der Waals surface area (Å²) < 4.78 is 5.40. The minimum Gasteiger partial charge on any atom is -0.464 e. The molecule has 0 unspecified atom stereocenters. The number of hydrogen-bond acceptors (Lipinski definition) is 2. The van der Waals surface area contributed by atoms with E-state index in [2.05, 4.69) is 34.5 Å². The van der Waals surface area contributed by atoms with Crippen LogP contribution in [0.15, 0.2) is 47.1 Å². The van der Waals surface area contributed by atoms with Crippen LogP contribution in [0.2, 0.25) is 0 Å². The number of hydrogen-bond donors (Lipinski definition) is 1. The number of benzene rings is 1. The maximum atomic E-state index is 5.40. The molecule has 3 aromatic rings. The number of nitrogens with one attached hydrogen (secondary N) is 1. The highest BCUT2D eigenvalue weighted by molar-refractivity contribution is 5.69. The first-order valence-corrected chi connectivity index (χ1v) is 6.62. The number of furan rings is 1. The van der Waals surface area contributed by atoms with Crippen LogP contribution in [0.3, 0.4) is 0 Å². The lowest BCUT2D eigenvalue weighted by atomic mass is 10.0. The molecular weight excluding hydrogens is 236 g/mol. The molecule has 1 aliphatic carbocycles. The molecule has 4 rings (SSSR count). The first-order chi connectivity index (χ1) is 9.42. The fraction of sp³-hybridized carbons (Fsp3) is 0.188. The van der Waals surface area contributed by atoms with E-state index in [4.69, 9.17) is 4.42 Å². The van der Waals surface area contributed by atoms with Crippen LogP contribution in [-0.4, -0.2) is 10.2 Å². The fourth-order valence-corrected chi connectivity index (χ4v) is 2.79. The molecule has 0 saturated carbocycles. The highest BCUT2D eigenvalue weighted by Gasteiger charge is 2.19. The van der Waals surface area contributed by atoms with Gasteiger partial charge in [-0.3, -0.25) is 5.10 Å². The van der Waals surface area contributed by atoms with Crippen LogP contribution >= 0.6 is 0 Å². The zero-order valence-corrected chi connectivity index (χ0v) is 10.5. The summed E-state index contributed by atoms with van der Waals surface area (Å²) >= 11 is 0. The zero-order valence-electron chi connectivity index (χ0n) is 10.5. The van der Waals surface area contributed by atoms with E-state index < -0.39 is 0 Å². The van der Waals surface area contributed by atoms with Crippen LogP contribution in [-0.2, 0) is 12.8 Å². The summed E-state index contributed by atoms with van der Waals surface area (Å²) in [7, 11) is 0. The van der Waals surface area contributed by atoms with Crippen LogP contribution in [0.25, 0.3) is 22.6 Å². The van der Waals surface area contributed by atoms with Crippen molar-refractivity contribution in [1.29, 1.82) is 0 Å². The summed E-state index contributed by atoms with van der Waals surface area (Å²) in [6, 6.07) is 12.3. The van der Waals surface area contributed by atoms with Gasteiger partial charge in [-0.05, 0) is 31.4 Å². The van der Waals surface area contributed by atoms with Crippen molar-refractivity contribution in [1.82, 2.24) is 10.2 Å². The lowest BCUT2D eigenvalue weighted by Crippen LogP contribution is -1.84. The first kappa shape index (κ1) is 10.6. The van der Waals surface area contributed by atoms with E-state index in [1.807, 2.05) is 12.1 Å². The molecule has 3 nitrogen and oxygen atoms in total. The van der Waals surface area contributed by atoms with E-state index in [1.54, 1.807) is 6.26 Å². The molecule has 0 aliphatic heterocycles.